The van der Waals surface area contributed by atoms with Crippen LogP contribution in [0.2, 0.25) is 0 Å². The molecule has 0 aliphatic carbocycles. The van der Waals surface area contributed by atoms with Gasteiger partial charge in [0.15, 0.2) is 0 Å². The predicted octanol–water partition coefficient (Wildman–Crippen LogP) is 1.84. The highest BCUT2D eigenvalue weighted by Gasteiger charge is 2.37. The van der Waals surface area contributed by atoms with Gasteiger partial charge < -0.3 is 14.9 Å². The highest BCUT2D eigenvalue weighted by Crippen LogP contribution is 2.30. The molecule has 0 bridgehead atoms. The number of aliphatic carboxylic acids is 1. The molecule has 2 atom stereocenters. The van der Waals surface area contributed by atoms with Crippen molar-refractivity contribution in [2.45, 2.75) is 27.2 Å². The fraction of sp³-hybridized carbons (Fsp3) is 0.500. The number of aryl methyl sites for hydroxylation is 1. The van der Waals surface area contributed by atoms with E-state index >= 15 is 0 Å². The lowest BCUT2D eigenvalue weighted by Gasteiger charge is -2.23. The van der Waals surface area contributed by atoms with E-state index in [2.05, 4.69) is 0 Å². The third-order valence-electron chi connectivity index (χ3n) is 4.69. The zero-order chi connectivity index (χ0) is 18.0. The number of rotatable bonds is 5. The molecule has 6 nitrogen and oxygen atoms in total. The Morgan fingerprint density at radius 3 is 2.67 bits per heavy atom. The normalized spacial score (nSPS) is 18.6. The van der Waals surface area contributed by atoms with Crippen LogP contribution in [-0.4, -0.2) is 47.9 Å². The average molecular weight is 332 g/mol. The minimum absolute atomic E-state index is 0.0678. The molecule has 6 heteroatoms. The Balaban J connectivity index is 2.10. The minimum atomic E-state index is -0.936. The van der Waals surface area contributed by atoms with Crippen LogP contribution in [0.3, 0.4) is 0 Å². The van der Waals surface area contributed by atoms with Crippen LogP contribution in [0.25, 0.3) is 0 Å². The molecular formula is C18H24N2O4. The van der Waals surface area contributed by atoms with Gasteiger partial charge in [0.05, 0.1) is 11.8 Å². The van der Waals surface area contributed by atoms with Crippen molar-refractivity contribution in [2.24, 2.45) is 11.8 Å². The number of nitrogens with zero attached hydrogens (tertiary/aromatic N) is 2. The summed E-state index contributed by atoms with van der Waals surface area (Å²) in [6.45, 7) is 6.00. The van der Waals surface area contributed by atoms with Gasteiger partial charge in [-0.25, -0.2) is 0 Å². The standard InChI is InChI=1S/C18H24N2O4/c1-11-6-5-7-15(13(11)3)20-10-14(8-16(20)21)17(22)19(4)9-12(2)18(23)24/h5-7,12,14H,8-10H2,1-4H3,(H,23,24). The van der Waals surface area contributed by atoms with Crippen LogP contribution < -0.4 is 4.90 Å². The Morgan fingerprint density at radius 2 is 2.04 bits per heavy atom. The summed E-state index contributed by atoms with van der Waals surface area (Å²) in [6.07, 6.45) is 0.165. The van der Waals surface area contributed by atoms with Crippen LogP contribution in [0.5, 0.6) is 0 Å². The number of anilines is 1. The largest absolute Gasteiger partial charge is 0.481 e. The van der Waals surface area contributed by atoms with E-state index in [0.29, 0.717) is 6.54 Å². The van der Waals surface area contributed by atoms with Gasteiger partial charge in [-0.1, -0.05) is 19.1 Å². The summed E-state index contributed by atoms with van der Waals surface area (Å²) < 4.78 is 0. The summed E-state index contributed by atoms with van der Waals surface area (Å²) in [7, 11) is 1.59. The Kier molecular flexibility index (Phi) is 5.26. The van der Waals surface area contributed by atoms with E-state index in [9.17, 15) is 14.4 Å². The van der Waals surface area contributed by atoms with Crippen LogP contribution in [0.15, 0.2) is 18.2 Å². The molecule has 130 valence electrons. The maximum Gasteiger partial charge on any atom is 0.308 e. The molecule has 1 aromatic carbocycles. The first-order valence-electron chi connectivity index (χ1n) is 8.06. The van der Waals surface area contributed by atoms with E-state index in [1.165, 1.54) is 4.90 Å². The predicted molar refractivity (Wildman–Crippen MR) is 90.8 cm³/mol. The molecule has 1 aromatic rings. The summed E-state index contributed by atoms with van der Waals surface area (Å²) in [6, 6.07) is 5.78. The number of carboxylic acids is 1. The number of carbonyl (C=O) groups is 3. The fourth-order valence-electron chi connectivity index (χ4n) is 3.02. The lowest BCUT2D eigenvalue weighted by molar-refractivity contribution is -0.143. The Bertz CT molecular complexity index is 671. The lowest BCUT2D eigenvalue weighted by Crippen LogP contribution is -2.38. The molecule has 1 saturated heterocycles. The SMILES string of the molecule is Cc1cccc(N2CC(C(=O)N(C)CC(C)C(=O)O)CC2=O)c1C. The summed E-state index contributed by atoms with van der Waals surface area (Å²) >= 11 is 0. The summed E-state index contributed by atoms with van der Waals surface area (Å²) in [5.74, 6) is -2.24. The Morgan fingerprint density at radius 1 is 1.38 bits per heavy atom. The van der Waals surface area contributed by atoms with Crippen molar-refractivity contribution in [3.8, 4) is 0 Å². The second-order valence-electron chi connectivity index (χ2n) is 6.58. The van der Waals surface area contributed by atoms with Crippen molar-refractivity contribution < 1.29 is 19.5 Å². The molecule has 0 spiro atoms. The van der Waals surface area contributed by atoms with E-state index in [0.717, 1.165) is 16.8 Å². The average Bonchev–Trinajstić information content (AvgIpc) is 2.90. The number of carboxylic acid groups (broad SMARTS) is 1. The second-order valence-corrected chi connectivity index (χ2v) is 6.58. The minimum Gasteiger partial charge on any atom is -0.481 e. The smallest absolute Gasteiger partial charge is 0.308 e. The van der Waals surface area contributed by atoms with Crippen molar-refractivity contribution in [2.75, 3.05) is 25.0 Å². The van der Waals surface area contributed by atoms with Crippen molar-refractivity contribution in [3.63, 3.8) is 0 Å². The molecule has 1 heterocycles. The van der Waals surface area contributed by atoms with Gasteiger partial charge in [0.1, 0.15) is 0 Å². The number of benzene rings is 1. The van der Waals surface area contributed by atoms with Gasteiger partial charge in [0.25, 0.3) is 0 Å². The molecule has 0 radical (unpaired) electrons. The van der Waals surface area contributed by atoms with Crippen LogP contribution in [-0.2, 0) is 14.4 Å². The molecule has 1 N–H and O–H groups in total. The first kappa shape index (κ1) is 18.0. The quantitative estimate of drug-likeness (QED) is 0.892. The highest BCUT2D eigenvalue weighted by atomic mass is 16.4. The van der Waals surface area contributed by atoms with Crippen LogP contribution in [0.1, 0.15) is 24.5 Å². The maximum absolute atomic E-state index is 12.5. The molecule has 2 amide bonds. The van der Waals surface area contributed by atoms with Crippen molar-refractivity contribution in [3.05, 3.63) is 29.3 Å². The molecule has 1 aliphatic heterocycles. The van der Waals surface area contributed by atoms with E-state index in [1.807, 2.05) is 32.0 Å². The number of hydrogen-bond donors (Lipinski definition) is 1. The summed E-state index contributed by atoms with van der Waals surface area (Å²) in [5.41, 5.74) is 2.98. The van der Waals surface area contributed by atoms with Crippen LogP contribution >= 0.6 is 0 Å². The lowest BCUT2D eigenvalue weighted by atomic mass is 10.1. The number of hydrogen-bond acceptors (Lipinski definition) is 3. The summed E-state index contributed by atoms with van der Waals surface area (Å²) in [4.78, 5) is 38.9. The molecule has 0 aromatic heterocycles. The molecule has 24 heavy (non-hydrogen) atoms. The van der Waals surface area contributed by atoms with Crippen molar-refractivity contribution in [1.29, 1.82) is 0 Å². The zero-order valence-corrected chi connectivity index (χ0v) is 14.6. The van der Waals surface area contributed by atoms with Crippen LogP contribution in [0, 0.1) is 25.7 Å². The first-order chi connectivity index (χ1) is 11.2. The van der Waals surface area contributed by atoms with Crippen molar-refractivity contribution >= 4 is 23.5 Å². The maximum atomic E-state index is 12.5. The zero-order valence-electron chi connectivity index (χ0n) is 14.6. The van der Waals surface area contributed by atoms with Gasteiger partial charge in [-0.15, -0.1) is 0 Å². The first-order valence-corrected chi connectivity index (χ1v) is 8.06. The topological polar surface area (TPSA) is 77.9 Å². The fourth-order valence-corrected chi connectivity index (χ4v) is 3.02. The van der Waals surface area contributed by atoms with Crippen molar-refractivity contribution in [1.82, 2.24) is 4.90 Å². The van der Waals surface area contributed by atoms with Gasteiger partial charge >= 0.3 is 5.97 Å². The molecular weight excluding hydrogens is 308 g/mol. The molecule has 1 aliphatic rings. The van der Waals surface area contributed by atoms with Gasteiger partial charge in [-0.3, -0.25) is 14.4 Å². The monoisotopic (exact) mass is 332 g/mol. The number of amides is 2. The van der Waals surface area contributed by atoms with E-state index in [-0.39, 0.29) is 24.8 Å². The van der Waals surface area contributed by atoms with Crippen LogP contribution in [0.4, 0.5) is 5.69 Å². The van der Waals surface area contributed by atoms with Gasteiger partial charge in [-0.05, 0) is 31.0 Å². The number of carbonyl (C=O) groups excluding carboxylic acids is 2. The molecule has 2 unspecified atom stereocenters. The third-order valence-corrected chi connectivity index (χ3v) is 4.69. The van der Waals surface area contributed by atoms with E-state index in [1.54, 1.807) is 18.9 Å². The highest BCUT2D eigenvalue weighted by molar-refractivity contribution is 6.00. The van der Waals surface area contributed by atoms with E-state index < -0.39 is 17.8 Å². The van der Waals surface area contributed by atoms with Gasteiger partial charge in [0.2, 0.25) is 11.8 Å². The molecule has 2 rings (SSSR count). The second kappa shape index (κ2) is 7.03. The summed E-state index contributed by atoms with van der Waals surface area (Å²) in [5, 5.41) is 8.97. The Labute approximate surface area is 142 Å². The van der Waals surface area contributed by atoms with Gasteiger partial charge in [-0.2, -0.15) is 0 Å². The molecule has 1 fully saturated rings. The third kappa shape index (κ3) is 3.58. The van der Waals surface area contributed by atoms with Gasteiger partial charge in [0, 0.05) is 32.2 Å². The molecule has 0 saturated carbocycles. The van der Waals surface area contributed by atoms with E-state index in [4.69, 9.17) is 5.11 Å². The Hall–Kier alpha value is -2.37.